The van der Waals surface area contributed by atoms with E-state index in [0.717, 1.165) is 13.0 Å². The normalized spacial score (nSPS) is 13.0. The Morgan fingerprint density at radius 2 is 1.28 bits per heavy atom. The van der Waals surface area contributed by atoms with E-state index in [1.807, 2.05) is 0 Å². The molecule has 29 heavy (non-hydrogen) atoms. The molecule has 4 aromatic carbocycles. The minimum Gasteiger partial charge on any atom is -0.340 e. The smallest absolute Gasteiger partial charge is 0.0525 e. The largest absolute Gasteiger partial charge is 0.340 e. The van der Waals surface area contributed by atoms with Crippen molar-refractivity contribution < 1.29 is 0 Å². The summed E-state index contributed by atoms with van der Waals surface area (Å²) in [6.45, 7) is 3.30. The summed E-state index contributed by atoms with van der Waals surface area (Å²) in [5.74, 6) is 0. The predicted octanol–water partition coefficient (Wildman–Crippen LogP) is 5.45. The third-order valence-corrected chi connectivity index (χ3v) is 8.11. The van der Waals surface area contributed by atoms with Gasteiger partial charge in [0.1, 0.15) is 0 Å². The number of rotatable bonds is 4. The average Bonchev–Trinajstić information content (AvgIpc) is 3.19. The lowest BCUT2D eigenvalue weighted by atomic mass is 10.1. The molecule has 0 saturated carbocycles. The molecule has 5 rings (SSSR count). The highest BCUT2D eigenvalue weighted by molar-refractivity contribution is 7.80. The second kappa shape index (κ2) is 7.85. The third kappa shape index (κ3) is 3.37. The molecule has 0 spiro atoms. The van der Waals surface area contributed by atoms with E-state index in [2.05, 4.69) is 115 Å². The molecule has 0 atom stereocenters. The number of para-hydroxylation sites is 2. The van der Waals surface area contributed by atoms with Crippen molar-refractivity contribution in [2.75, 3.05) is 11.4 Å². The molecule has 142 valence electrons. The molecule has 1 aliphatic rings. The highest BCUT2D eigenvalue weighted by atomic mass is 31.1. The van der Waals surface area contributed by atoms with Crippen molar-refractivity contribution in [3.8, 4) is 0 Å². The Morgan fingerprint density at radius 3 is 1.97 bits per heavy atom. The zero-order valence-electron chi connectivity index (χ0n) is 16.6. The van der Waals surface area contributed by atoms with Crippen LogP contribution in [-0.4, -0.2) is 6.54 Å². The van der Waals surface area contributed by atoms with Gasteiger partial charge in [0.05, 0.1) is 5.69 Å². The summed E-state index contributed by atoms with van der Waals surface area (Å²) in [6, 6.07) is 37.6. The summed E-state index contributed by atoms with van der Waals surface area (Å²) in [6.07, 6.45) is 1.11. The monoisotopic (exact) mass is 393 g/mol. The van der Waals surface area contributed by atoms with Gasteiger partial charge in [0.2, 0.25) is 0 Å². The third-order valence-electron chi connectivity index (χ3n) is 5.64. The second-order valence-corrected chi connectivity index (χ2v) is 9.66. The molecule has 1 nitrogen and oxygen atoms in total. The minimum absolute atomic E-state index is 0.630. The molecule has 1 heterocycles. The first kappa shape index (κ1) is 18.2. The highest BCUT2D eigenvalue weighted by Crippen LogP contribution is 2.42. The summed E-state index contributed by atoms with van der Waals surface area (Å²) in [5, 5.41) is 4.23. The van der Waals surface area contributed by atoms with Crippen LogP contribution >= 0.6 is 7.92 Å². The maximum atomic E-state index is 2.54. The summed E-state index contributed by atoms with van der Waals surface area (Å²) < 4.78 is 0. The van der Waals surface area contributed by atoms with Crippen LogP contribution < -0.4 is 20.8 Å². The van der Waals surface area contributed by atoms with Crippen molar-refractivity contribution in [1.29, 1.82) is 0 Å². The maximum Gasteiger partial charge on any atom is 0.0525 e. The van der Waals surface area contributed by atoms with Crippen LogP contribution in [0.4, 0.5) is 11.4 Å². The molecule has 4 aromatic rings. The lowest BCUT2D eigenvalue weighted by Crippen LogP contribution is -2.27. The van der Waals surface area contributed by atoms with Gasteiger partial charge in [-0.1, -0.05) is 97.1 Å². The van der Waals surface area contributed by atoms with Crippen LogP contribution in [0.15, 0.2) is 103 Å². The molecule has 0 saturated heterocycles. The molecule has 0 N–H and O–H groups in total. The van der Waals surface area contributed by atoms with Gasteiger partial charge in [0.15, 0.2) is 0 Å². The molecule has 0 radical (unpaired) electrons. The van der Waals surface area contributed by atoms with E-state index in [1.165, 1.54) is 38.4 Å². The molecule has 0 fully saturated rings. The molecule has 0 aliphatic carbocycles. The fourth-order valence-corrected chi connectivity index (χ4v) is 6.87. The van der Waals surface area contributed by atoms with Gasteiger partial charge in [-0.2, -0.15) is 0 Å². The summed E-state index contributed by atoms with van der Waals surface area (Å²) in [4.78, 5) is 2.54. The van der Waals surface area contributed by atoms with E-state index in [4.69, 9.17) is 0 Å². The van der Waals surface area contributed by atoms with Crippen molar-refractivity contribution in [1.82, 2.24) is 0 Å². The second-order valence-electron chi connectivity index (χ2n) is 7.48. The van der Waals surface area contributed by atoms with Crippen molar-refractivity contribution >= 4 is 35.2 Å². The van der Waals surface area contributed by atoms with Gasteiger partial charge in [0, 0.05) is 17.5 Å². The molecular weight excluding hydrogens is 369 g/mol. The standard InChI is InChI=1S/C27H24NP/c1-21-11-10-18-26(27(21)28-20-19-22-12-8-9-17-25(22)28)29(23-13-4-2-5-14-23)24-15-6-3-7-16-24/h2-18H,19-20H2,1H3. The maximum absolute atomic E-state index is 2.54. The van der Waals surface area contributed by atoms with Crippen LogP contribution in [0.25, 0.3) is 0 Å². The van der Waals surface area contributed by atoms with E-state index in [0.29, 0.717) is 0 Å². The number of anilines is 2. The first-order valence-corrected chi connectivity index (χ1v) is 11.5. The SMILES string of the molecule is Cc1cccc(P(c2ccccc2)c2ccccc2)c1N1CCc2ccccc21. The van der Waals surface area contributed by atoms with Gasteiger partial charge in [-0.05, 0) is 49.1 Å². The molecule has 0 unspecified atom stereocenters. The Balaban J connectivity index is 1.72. The van der Waals surface area contributed by atoms with Crippen LogP contribution in [0.2, 0.25) is 0 Å². The van der Waals surface area contributed by atoms with Crippen LogP contribution in [0.5, 0.6) is 0 Å². The first-order chi connectivity index (χ1) is 14.3. The van der Waals surface area contributed by atoms with Crippen LogP contribution in [0.1, 0.15) is 11.1 Å². The van der Waals surface area contributed by atoms with Gasteiger partial charge in [-0.3, -0.25) is 0 Å². The van der Waals surface area contributed by atoms with E-state index in [-0.39, 0.29) is 0 Å². The van der Waals surface area contributed by atoms with E-state index < -0.39 is 7.92 Å². The topological polar surface area (TPSA) is 3.24 Å². The van der Waals surface area contributed by atoms with Crippen molar-refractivity contribution in [2.45, 2.75) is 13.3 Å². The molecule has 1 aliphatic heterocycles. The Morgan fingerprint density at radius 1 is 0.655 bits per heavy atom. The van der Waals surface area contributed by atoms with Gasteiger partial charge in [0.25, 0.3) is 0 Å². The number of aryl methyl sites for hydroxylation is 1. The molecule has 2 heteroatoms. The Hall–Kier alpha value is -2.89. The number of nitrogens with zero attached hydrogens (tertiary/aromatic N) is 1. The number of fused-ring (bicyclic) bond motifs is 1. The average molecular weight is 393 g/mol. The quantitative estimate of drug-likeness (QED) is 0.417. The zero-order chi connectivity index (χ0) is 19.6. The van der Waals surface area contributed by atoms with E-state index >= 15 is 0 Å². The minimum atomic E-state index is -0.630. The van der Waals surface area contributed by atoms with E-state index in [9.17, 15) is 0 Å². The van der Waals surface area contributed by atoms with Gasteiger partial charge < -0.3 is 4.90 Å². The van der Waals surface area contributed by atoms with Crippen LogP contribution in [0, 0.1) is 6.92 Å². The lowest BCUT2D eigenvalue weighted by molar-refractivity contribution is 0.996. The van der Waals surface area contributed by atoms with Gasteiger partial charge in [-0.15, -0.1) is 0 Å². The van der Waals surface area contributed by atoms with Crippen molar-refractivity contribution in [3.05, 3.63) is 114 Å². The van der Waals surface area contributed by atoms with Crippen LogP contribution in [0.3, 0.4) is 0 Å². The van der Waals surface area contributed by atoms with E-state index in [1.54, 1.807) is 0 Å². The van der Waals surface area contributed by atoms with Crippen molar-refractivity contribution in [3.63, 3.8) is 0 Å². The van der Waals surface area contributed by atoms with Gasteiger partial charge >= 0.3 is 0 Å². The summed E-state index contributed by atoms with van der Waals surface area (Å²) in [7, 11) is -0.630. The zero-order valence-corrected chi connectivity index (χ0v) is 17.5. The molecular formula is C27H24NP. The van der Waals surface area contributed by atoms with Gasteiger partial charge in [-0.25, -0.2) is 0 Å². The Bertz CT molecular complexity index is 1080. The molecule has 0 aromatic heterocycles. The number of benzene rings is 4. The lowest BCUT2D eigenvalue weighted by Gasteiger charge is -2.29. The van der Waals surface area contributed by atoms with Crippen LogP contribution in [-0.2, 0) is 6.42 Å². The first-order valence-electron chi connectivity index (χ1n) is 10.2. The Labute approximate surface area is 174 Å². The Kier molecular flexibility index (Phi) is 4.92. The summed E-state index contributed by atoms with van der Waals surface area (Å²) in [5.41, 5.74) is 5.54. The molecule has 0 amide bonds. The number of hydrogen-bond donors (Lipinski definition) is 0. The molecule has 0 bridgehead atoms. The number of hydrogen-bond acceptors (Lipinski definition) is 1. The highest BCUT2D eigenvalue weighted by Gasteiger charge is 2.27. The summed E-state index contributed by atoms with van der Waals surface area (Å²) >= 11 is 0. The predicted molar refractivity (Wildman–Crippen MR) is 127 cm³/mol. The van der Waals surface area contributed by atoms with Crippen molar-refractivity contribution in [2.24, 2.45) is 0 Å². The fraction of sp³-hybridized carbons (Fsp3) is 0.111. The fourth-order valence-electron chi connectivity index (χ4n) is 4.33.